The second kappa shape index (κ2) is 12.1. The first-order chi connectivity index (χ1) is 18.6. The number of fused-ring (bicyclic) bond motifs is 6. The third-order valence-corrected chi connectivity index (χ3v) is 11.2. The largest absolute Gasteiger partial charge is 0 e. The van der Waals surface area contributed by atoms with Crippen LogP contribution in [0.1, 0.15) is 13.8 Å². The van der Waals surface area contributed by atoms with Crippen molar-refractivity contribution in [1.82, 2.24) is 4.98 Å². The molecule has 0 aliphatic rings. The number of nitrogens with zero attached hydrogens (tertiary/aromatic N) is 1. The number of ketones is 1. The Morgan fingerprint density at radius 2 is 1.32 bits per heavy atom. The summed E-state index contributed by atoms with van der Waals surface area (Å²) in [6.45, 7) is 2.85. The molecule has 40 heavy (non-hydrogen) atoms. The number of hydrogen-bond acceptors (Lipinski definition) is 3. The van der Waals surface area contributed by atoms with Crippen LogP contribution >= 0.6 is 0 Å². The molecule has 0 aliphatic heterocycles. The molecule has 203 valence electrons. The molecule has 1 N–H and O–H groups in total. The summed E-state index contributed by atoms with van der Waals surface area (Å²) in [4.78, 5) is 15.0. The minimum atomic E-state index is -2.07. The van der Waals surface area contributed by atoms with Crippen LogP contribution < -0.4 is 4.40 Å². The van der Waals surface area contributed by atoms with Gasteiger partial charge in [0.05, 0.1) is 5.76 Å². The predicted octanol–water partition coefficient (Wildman–Crippen LogP) is 8.74. The average Bonchev–Trinajstić information content (AvgIpc) is 2.91. The van der Waals surface area contributed by atoms with Crippen molar-refractivity contribution in [2.75, 3.05) is 0 Å². The molecule has 0 unspecified atom stereocenters. The quantitative estimate of drug-likeness (QED) is 0.0646. The molecule has 6 rings (SSSR count). The van der Waals surface area contributed by atoms with E-state index in [4.69, 9.17) is 10.1 Å². The zero-order valence-electron chi connectivity index (χ0n) is 23.4. The minimum absolute atomic E-state index is 0. The van der Waals surface area contributed by atoms with Crippen LogP contribution in [-0.4, -0.2) is 29.1 Å². The van der Waals surface area contributed by atoms with E-state index in [1.807, 2.05) is 0 Å². The fourth-order valence-corrected chi connectivity index (χ4v) is 8.61. The van der Waals surface area contributed by atoms with Gasteiger partial charge in [-0.05, 0) is 13.8 Å². The smallest absolute Gasteiger partial charge is 0 e. The van der Waals surface area contributed by atoms with Gasteiger partial charge in [-0.3, -0.25) is 4.79 Å². The molecule has 5 aromatic carbocycles. The summed E-state index contributed by atoms with van der Waals surface area (Å²) in [5.74, 6) is 7.36. The topological polar surface area (TPSA) is 50.2 Å². The summed E-state index contributed by atoms with van der Waals surface area (Å²) in [7, 11) is 0. The van der Waals surface area contributed by atoms with Gasteiger partial charge in [-0.15, -0.1) is 0 Å². The molecule has 0 amide bonds. The Labute approximate surface area is 251 Å². The van der Waals surface area contributed by atoms with Crippen LogP contribution in [0.3, 0.4) is 0 Å². The third kappa shape index (κ3) is 6.05. The van der Waals surface area contributed by atoms with Crippen LogP contribution in [0.25, 0.3) is 54.3 Å². The van der Waals surface area contributed by atoms with E-state index in [1.54, 1.807) is 4.40 Å². The van der Waals surface area contributed by atoms with E-state index in [0.717, 1.165) is 16.6 Å². The molecule has 6 aromatic rings. The molecule has 1 heterocycles. The maximum atomic E-state index is 10.0. The monoisotopic (exact) mass is 765 g/mol. The van der Waals surface area contributed by atoms with Gasteiger partial charge in [-0.1, -0.05) is 0 Å². The van der Waals surface area contributed by atoms with Crippen molar-refractivity contribution < 1.29 is 30.0 Å². The molecule has 0 saturated carbocycles. The van der Waals surface area contributed by atoms with Gasteiger partial charge in [0.25, 0.3) is 0 Å². The first kappa shape index (κ1) is 29.7. The number of rotatable bonds is 3. The third-order valence-electron chi connectivity index (χ3n) is 6.89. The molecule has 1 radical (unpaired) electrons. The van der Waals surface area contributed by atoms with E-state index in [1.165, 1.54) is 57.6 Å². The normalized spacial score (nSPS) is 11.8. The van der Waals surface area contributed by atoms with E-state index in [-0.39, 0.29) is 31.6 Å². The average molecular weight is 763 g/mol. The van der Waals surface area contributed by atoms with E-state index in [0.29, 0.717) is 0 Å². The molecule has 0 aliphatic carbocycles. The number of pyridine rings is 1. The van der Waals surface area contributed by atoms with Crippen LogP contribution in [0.5, 0.6) is 0 Å². The number of aliphatic hydroxyl groups is 1. The molecule has 3 nitrogen and oxygen atoms in total. The van der Waals surface area contributed by atoms with Crippen LogP contribution in [0.15, 0.2) is 103 Å². The van der Waals surface area contributed by atoms with Crippen LogP contribution in [0.2, 0.25) is 17.3 Å². The Morgan fingerprint density at radius 3 is 1.90 bits per heavy atom. The van der Waals surface area contributed by atoms with Gasteiger partial charge in [0.2, 0.25) is 0 Å². The van der Waals surface area contributed by atoms with E-state index < -0.39 is 13.3 Å². The van der Waals surface area contributed by atoms with Crippen molar-refractivity contribution in [2.45, 2.75) is 31.1 Å². The van der Waals surface area contributed by atoms with Crippen LogP contribution in [0, 0.1) is 6.07 Å². The predicted molar refractivity (Wildman–Crippen MR) is 169 cm³/mol. The van der Waals surface area contributed by atoms with Gasteiger partial charge >= 0.3 is 191 Å². The Morgan fingerprint density at radius 1 is 0.775 bits per heavy atom. The van der Waals surface area contributed by atoms with Crippen molar-refractivity contribution in [3.05, 3.63) is 109 Å². The molecule has 1 aromatic heterocycles. The van der Waals surface area contributed by atoms with Crippen molar-refractivity contribution in [2.24, 2.45) is 0 Å². The maximum Gasteiger partial charge on any atom is 0 e. The van der Waals surface area contributed by atoms with Crippen LogP contribution in [-0.2, 0) is 24.9 Å². The molecule has 5 heteroatoms. The number of benzene rings is 5. The fraction of sp³-hybridized carbons (Fsp3) is 0.143. The molecule has 0 spiro atoms. The number of allylic oxidation sites excluding steroid dienone is 2. The summed E-state index contributed by atoms with van der Waals surface area (Å²) in [6.07, 6.45) is 3.23. The van der Waals surface area contributed by atoms with Crippen molar-refractivity contribution in [3.63, 3.8) is 0 Å². The standard InChI is InChI=1S/C30H24GeN.C5H8O2.Ir/c1-31(2,3)29-17-21-18-30(32-19-28(21)25-14-8-9-15-26(25)29)27-16-20-10-4-5-11-22(20)23-12-6-7-13-24(23)27;1-4(6)3-5(2)7;/h4-15,17-19H,1-3H3;3,6H,1-2H3;/q-1;;/b;4-3-;. The second-order valence-corrected chi connectivity index (χ2v) is 21.6. The summed E-state index contributed by atoms with van der Waals surface area (Å²) >= 11 is -2.07. The SMILES string of the molecule is CC(=O)/C=C(/C)O.[CH3][Ge]([CH3])([CH3])[c]1cc2cc(-c3[c-]c4ccccc4c4ccccc34)ncc2c2ccccc12.[Ir]. The Kier molecular flexibility index (Phi) is 8.94. The maximum absolute atomic E-state index is 10.0. The number of hydrogen-bond donors (Lipinski definition) is 1. The molecule has 0 bridgehead atoms. The molecule has 0 fully saturated rings. The fourth-order valence-electron chi connectivity index (χ4n) is 5.22. The Bertz CT molecular complexity index is 1900. The number of carbonyl (C=O) groups is 1. The number of carbonyl (C=O) groups excluding carboxylic acids is 1. The van der Waals surface area contributed by atoms with Gasteiger partial charge in [-0.25, -0.2) is 0 Å². The van der Waals surface area contributed by atoms with Crippen molar-refractivity contribution >= 4 is 66.5 Å². The first-order valence-electron chi connectivity index (χ1n) is 13.2. The number of aromatic nitrogens is 1. The minimum Gasteiger partial charge on any atom is 0 e. The molecule has 0 atom stereocenters. The van der Waals surface area contributed by atoms with E-state index in [2.05, 4.69) is 114 Å². The second-order valence-electron chi connectivity index (χ2n) is 11.0. The first-order valence-corrected chi connectivity index (χ1v) is 20.5. The van der Waals surface area contributed by atoms with Gasteiger partial charge in [0, 0.05) is 26.2 Å². The molecular weight excluding hydrogens is 731 g/mol. The van der Waals surface area contributed by atoms with Gasteiger partial charge in [0.1, 0.15) is 0 Å². The van der Waals surface area contributed by atoms with Gasteiger partial charge in [0.15, 0.2) is 5.78 Å². The van der Waals surface area contributed by atoms with Gasteiger partial charge < -0.3 is 5.11 Å². The van der Waals surface area contributed by atoms with Crippen molar-refractivity contribution in [1.29, 1.82) is 0 Å². The number of aliphatic hydroxyl groups excluding tert-OH is 1. The Balaban J connectivity index is 0.000000413. The molecular formula is C35H32GeIrNO2-. The Hall–Kier alpha value is -3.31. The summed E-state index contributed by atoms with van der Waals surface area (Å²) in [6, 6.07) is 34.3. The summed E-state index contributed by atoms with van der Waals surface area (Å²) in [5.41, 5.74) is 2.07. The summed E-state index contributed by atoms with van der Waals surface area (Å²) in [5, 5.41) is 18.4. The van der Waals surface area contributed by atoms with Crippen LogP contribution in [0.4, 0.5) is 0 Å². The van der Waals surface area contributed by atoms with Gasteiger partial charge in [-0.2, -0.15) is 0 Å². The van der Waals surface area contributed by atoms with E-state index in [9.17, 15) is 4.79 Å². The van der Waals surface area contributed by atoms with E-state index >= 15 is 0 Å². The molecule has 0 saturated heterocycles. The summed E-state index contributed by atoms with van der Waals surface area (Å²) < 4.78 is 1.55. The zero-order valence-corrected chi connectivity index (χ0v) is 27.9. The zero-order chi connectivity index (χ0) is 27.7. The van der Waals surface area contributed by atoms with Crippen molar-refractivity contribution in [3.8, 4) is 11.3 Å².